The van der Waals surface area contributed by atoms with E-state index in [2.05, 4.69) is 20.5 Å². The van der Waals surface area contributed by atoms with E-state index in [0.717, 1.165) is 12.1 Å². The van der Waals surface area contributed by atoms with Crippen molar-refractivity contribution in [1.82, 2.24) is 25.1 Å². The van der Waals surface area contributed by atoms with E-state index < -0.39 is 0 Å². The standard InChI is InChI=1S/C8H12N6O/c1-6-10-8(12-15-6)5-14-4-7(2-3-9)11-13-14/h4H,2-3,5,9H2,1H3. The molecule has 2 N–H and O–H groups in total. The summed E-state index contributed by atoms with van der Waals surface area (Å²) in [4.78, 5) is 4.07. The lowest BCUT2D eigenvalue weighted by atomic mass is 10.3. The number of nitrogens with two attached hydrogens (primary N) is 1. The van der Waals surface area contributed by atoms with Crippen LogP contribution in [0.3, 0.4) is 0 Å². The van der Waals surface area contributed by atoms with Crippen LogP contribution in [0.15, 0.2) is 10.7 Å². The highest BCUT2D eigenvalue weighted by molar-refractivity contribution is 4.94. The molecule has 0 saturated carbocycles. The predicted molar refractivity (Wildman–Crippen MR) is 50.9 cm³/mol. The number of hydrogen-bond donors (Lipinski definition) is 1. The molecule has 0 atom stereocenters. The molecule has 0 spiro atoms. The Morgan fingerprint density at radius 1 is 1.53 bits per heavy atom. The van der Waals surface area contributed by atoms with Gasteiger partial charge in [-0.1, -0.05) is 10.4 Å². The third-order valence-electron chi connectivity index (χ3n) is 1.86. The SMILES string of the molecule is Cc1nc(Cn2cc(CCN)nn2)no1. The molecule has 0 fully saturated rings. The highest BCUT2D eigenvalue weighted by Crippen LogP contribution is 1.99. The Bertz CT molecular complexity index is 434. The molecule has 0 aliphatic carbocycles. The van der Waals surface area contributed by atoms with Gasteiger partial charge in [-0.15, -0.1) is 5.10 Å². The van der Waals surface area contributed by atoms with Gasteiger partial charge < -0.3 is 10.3 Å². The van der Waals surface area contributed by atoms with Gasteiger partial charge in [-0.25, -0.2) is 4.68 Å². The summed E-state index contributed by atoms with van der Waals surface area (Å²) in [6.07, 6.45) is 2.56. The van der Waals surface area contributed by atoms with Gasteiger partial charge in [0.2, 0.25) is 5.89 Å². The number of hydrogen-bond acceptors (Lipinski definition) is 6. The maximum atomic E-state index is 5.41. The molecule has 7 heteroatoms. The molecule has 2 heterocycles. The van der Waals surface area contributed by atoms with Crippen molar-refractivity contribution in [2.24, 2.45) is 5.73 Å². The minimum absolute atomic E-state index is 0.467. The molecule has 0 aromatic carbocycles. The van der Waals surface area contributed by atoms with Crippen molar-refractivity contribution in [3.05, 3.63) is 23.6 Å². The zero-order valence-corrected chi connectivity index (χ0v) is 8.42. The van der Waals surface area contributed by atoms with E-state index in [1.54, 1.807) is 11.6 Å². The summed E-state index contributed by atoms with van der Waals surface area (Å²) in [7, 11) is 0. The lowest BCUT2D eigenvalue weighted by molar-refractivity contribution is 0.385. The third kappa shape index (κ3) is 2.38. The summed E-state index contributed by atoms with van der Waals surface area (Å²) in [5.41, 5.74) is 6.28. The first-order valence-corrected chi connectivity index (χ1v) is 4.66. The monoisotopic (exact) mass is 208 g/mol. The molecule has 0 amide bonds. The molecule has 80 valence electrons. The Hall–Kier alpha value is -1.76. The molecule has 0 aliphatic heterocycles. The number of aryl methyl sites for hydroxylation is 1. The minimum atomic E-state index is 0.467. The van der Waals surface area contributed by atoms with Gasteiger partial charge in [-0.3, -0.25) is 0 Å². The summed E-state index contributed by atoms with van der Waals surface area (Å²) in [5.74, 6) is 1.14. The van der Waals surface area contributed by atoms with Crippen molar-refractivity contribution < 1.29 is 4.52 Å². The van der Waals surface area contributed by atoms with Crippen molar-refractivity contribution in [1.29, 1.82) is 0 Å². The number of rotatable bonds is 4. The topological polar surface area (TPSA) is 95.7 Å². The van der Waals surface area contributed by atoms with Gasteiger partial charge in [-0.2, -0.15) is 4.98 Å². The van der Waals surface area contributed by atoms with Gasteiger partial charge in [0.25, 0.3) is 0 Å². The molecule has 0 unspecified atom stereocenters. The Kier molecular flexibility index (Phi) is 2.72. The van der Waals surface area contributed by atoms with Gasteiger partial charge in [0.05, 0.1) is 5.69 Å². The average molecular weight is 208 g/mol. The van der Waals surface area contributed by atoms with Crippen LogP contribution in [0, 0.1) is 6.92 Å². The van der Waals surface area contributed by atoms with Gasteiger partial charge in [0, 0.05) is 19.5 Å². The van der Waals surface area contributed by atoms with E-state index in [9.17, 15) is 0 Å². The average Bonchev–Trinajstić information content (AvgIpc) is 2.78. The van der Waals surface area contributed by atoms with Gasteiger partial charge in [-0.05, 0) is 6.54 Å². The largest absolute Gasteiger partial charge is 0.340 e. The molecule has 0 aliphatic rings. The molecule has 0 bridgehead atoms. The van der Waals surface area contributed by atoms with Crippen molar-refractivity contribution in [2.45, 2.75) is 19.9 Å². The lowest BCUT2D eigenvalue weighted by Gasteiger charge is -1.92. The molecular formula is C8H12N6O. The smallest absolute Gasteiger partial charge is 0.223 e. The Morgan fingerprint density at radius 2 is 2.40 bits per heavy atom. The van der Waals surface area contributed by atoms with E-state index in [4.69, 9.17) is 10.3 Å². The number of aromatic nitrogens is 5. The zero-order valence-electron chi connectivity index (χ0n) is 8.42. The number of nitrogens with zero attached hydrogens (tertiary/aromatic N) is 5. The van der Waals surface area contributed by atoms with Crippen molar-refractivity contribution in [3.63, 3.8) is 0 Å². The molecule has 15 heavy (non-hydrogen) atoms. The Labute approximate surface area is 86.3 Å². The van der Waals surface area contributed by atoms with Crippen LogP contribution in [-0.2, 0) is 13.0 Å². The Morgan fingerprint density at radius 3 is 3.07 bits per heavy atom. The second-order valence-corrected chi connectivity index (χ2v) is 3.18. The van der Waals surface area contributed by atoms with Crippen LogP contribution in [0.4, 0.5) is 0 Å². The first kappa shape index (κ1) is 9.78. The first-order chi connectivity index (χ1) is 7.28. The van der Waals surface area contributed by atoms with Gasteiger partial charge in [0.1, 0.15) is 6.54 Å². The van der Waals surface area contributed by atoms with E-state index in [1.807, 2.05) is 6.20 Å². The highest BCUT2D eigenvalue weighted by atomic mass is 16.5. The molecule has 0 radical (unpaired) electrons. The van der Waals surface area contributed by atoms with Crippen molar-refractivity contribution >= 4 is 0 Å². The second kappa shape index (κ2) is 4.18. The van der Waals surface area contributed by atoms with Crippen LogP contribution in [0.5, 0.6) is 0 Å². The summed E-state index contributed by atoms with van der Waals surface area (Å²) in [6, 6.07) is 0. The first-order valence-electron chi connectivity index (χ1n) is 4.66. The van der Waals surface area contributed by atoms with Gasteiger partial charge >= 0.3 is 0 Å². The quantitative estimate of drug-likeness (QED) is 0.729. The molecule has 2 aromatic rings. The molecule has 7 nitrogen and oxygen atoms in total. The van der Waals surface area contributed by atoms with Crippen LogP contribution < -0.4 is 5.73 Å². The van der Waals surface area contributed by atoms with E-state index in [-0.39, 0.29) is 0 Å². The highest BCUT2D eigenvalue weighted by Gasteiger charge is 2.05. The summed E-state index contributed by atoms with van der Waals surface area (Å²) in [5, 5.41) is 11.7. The van der Waals surface area contributed by atoms with E-state index in [1.165, 1.54) is 0 Å². The van der Waals surface area contributed by atoms with Crippen molar-refractivity contribution in [2.75, 3.05) is 6.54 Å². The molecule has 2 rings (SSSR count). The lowest BCUT2D eigenvalue weighted by Crippen LogP contribution is -2.03. The van der Waals surface area contributed by atoms with E-state index in [0.29, 0.717) is 24.8 Å². The van der Waals surface area contributed by atoms with Crippen LogP contribution in [0.25, 0.3) is 0 Å². The normalized spacial score (nSPS) is 10.8. The zero-order chi connectivity index (χ0) is 10.7. The van der Waals surface area contributed by atoms with Crippen LogP contribution >= 0.6 is 0 Å². The van der Waals surface area contributed by atoms with Crippen molar-refractivity contribution in [3.8, 4) is 0 Å². The fourth-order valence-corrected chi connectivity index (χ4v) is 1.23. The maximum absolute atomic E-state index is 5.41. The molecule has 0 saturated heterocycles. The maximum Gasteiger partial charge on any atom is 0.223 e. The van der Waals surface area contributed by atoms with E-state index >= 15 is 0 Å². The second-order valence-electron chi connectivity index (χ2n) is 3.18. The van der Waals surface area contributed by atoms with Crippen LogP contribution in [0.2, 0.25) is 0 Å². The van der Waals surface area contributed by atoms with Gasteiger partial charge in [0.15, 0.2) is 5.82 Å². The molecular weight excluding hydrogens is 196 g/mol. The minimum Gasteiger partial charge on any atom is -0.340 e. The Balaban J connectivity index is 2.04. The van der Waals surface area contributed by atoms with Crippen LogP contribution in [-0.4, -0.2) is 31.7 Å². The third-order valence-corrected chi connectivity index (χ3v) is 1.86. The molecule has 2 aromatic heterocycles. The summed E-state index contributed by atoms with van der Waals surface area (Å²) >= 11 is 0. The summed E-state index contributed by atoms with van der Waals surface area (Å²) < 4.78 is 6.51. The van der Waals surface area contributed by atoms with Crippen LogP contribution in [0.1, 0.15) is 17.4 Å². The fraction of sp³-hybridized carbons (Fsp3) is 0.500. The predicted octanol–water partition coefficient (Wildman–Crippen LogP) is -0.481. The summed E-state index contributed by atoms with van der Waals surface area (Å²) in [6.45, 7) is 2.78. The fourth-order valence-electron chi connectivity index (χ4n) is 1.23.